The van der Waals surface area contributed by atoms with Crippen LogP contribution in [0.25, 0.3) is 28.2 Å². The van der Waals surface area contributed by atoms with E-state index in [1.807, 2.05) is 56.3 Å². The molecule has 4 nitrogen and oxygen atoms in total. The molecule has 0 aliphatic rings. The van der Waals surface area contributed by atoms with E-state index in [-0.39, 0.29) is 11.5 Å². The van der Waals surface area contributed by atoms with E-state index >= 15 is 0 Å². The molecule has 0 saturated carbocycles. The van der Waals surface area contributed by atoms with Gasteiger partial charge in [0.15, 0.2) is 0 Å². The van der Waals surface area contributed by atoms with Crippen LogP contribution in [0.4, 0.5) is 8.78 Å². The van der Waals surface area contributed by atoms with Gasteiger partial charge in [0.25, 0.3) is 0 Å². The Morgan fingerprint density at radius 3 is 2.18 bits per heavy atom. The second-order valence-corrected chi connectivity index (χ2v) is 6.75. The quantitative estimate of drug-likeness (QED) is 0.479. The molecule has 2 aromatic heterocycles. The van der Waals surface area contributed by atoms with E-state index in [9.17, 15) is 8.78 Å². The third-order valence-electron chi connectivity index (χ3n) is 4.50. The van der Waals surface area contributed by atoms with Crippen molar-refractivity contribution in [2.75, 3.05) is 0 Å². The molecule has 140 valence electrons. The fourth-order valence-electron chi connectivity index (χ4n) is 3.11. The Balaban J connectivity index is 1.85. The minimum absolute atomic E-state index is 0.0562. The summed E-state index contributed by atoms with van der Waals surface area (Å²) in [6, 6.07) is 17.2. The van der Waals surface area contributed by atoms with E-state index in [0.717, 1.165) is 11.3 Å². The van der Waals surface area contributed by atoms with E-state index in [1.54, 1.807) is 6.20 Å². The highest BCUT2D eigenvalue weighted by Gasteiger charge is 2.24. The Morgan fingerprint density at radius 1 is 0.857 bits per heavy atom. The van der Waals surface area contributed by atoms with Gasteiger partial charge in [-0.05, 0) is 30.2 Å². The maximum atomic E-state index is 14.5. The SMILES string of the molecule is CC(C)c1nnn(-c2ccc(-c3ccccc3)nc2)c1-c1c(F)cccc1F. The van der Waals surface area contributed by atoms with Crippen LogP contribution >= 0.6 is 0 Å². The molecule has 2 aromatic carbocycles. The van der Waals surface area contributed by atoms with Crippen LogP contribution in [-0.2, 0) is 0 Å². The van der Waals surface area contributed by atoms with Crippen LogP contribution in [-0.4, -0.2) is 20.0 Å². The van der Waals surface area contributed by atoms with Crippen LogP contribution in [0.5, 0.6) is 0 Å². The largest absolute Gasteiger partial charge is 0.254 e. The molecular formula is C22H18F2N4. The van der Waals surface area contributed by atoms with Crippen LogP contribution in [0, 0.1) is 11.6 Å². The van der Waals surface area contributed by atoms with Crippen LogP contribution in [0.1, 0.15) is 25.5 Å². The summed E-state index contributed by atoms with van der Waals surface area (Å²) in [7, 11) is 0. The van der Waals surface area contributed by atoms with Crippen molar-refractivity contribution in [3.63, 3.8) is 0 Å². The van der Waals surface area contributed by atoms with Crippen molar-refractivity contribution in [3.8, 4) is 28.2 Å². The Kier molecular flexibility index (Phi) is 4.69. The van der Waals surface area contributed by atoms with Gasteiger partial charge >= 0.3 is 0 Å². The molecule has 0 aliphatic carbocycles. The van der Waals surface area contributed by atoms with Gasteiger partial charge < -0.3 is 0 Å². The molecule has 0 unspecified atom stereocenters. The number of nitrogens with zero attached hydrogens (tertiary/aromatic N) is 4. The Bertz CT molecular complexity index is 1080. The van der Waals surface area contributed by atoms with Crippen molar-refractivity contribution in [1.82, 2.24) is 20.0 Å². The molecule has 0 saturated heterocycles. The summed E-state index contributed by atoms with van der Waals surface area (Å²) < 4.78 is 30.5. The molecule has 0 amide bonds. The highest BCUT2D eigenvalue weighted by Crippen LogP contribution is 2.33. The molecule has 0 N–H and O–H groups in total. The molecule has 0 spiro atoms. The first-order valence-corrected chi connectivity index (χ1v) is 8.98. The number of halogens is 2. The van der Waals surface area contributed by atoms with Gasteiger partial charge in [-0.15, -0.1) is 5.10 Å². The molecule has 4 aromatic rings. The van der Waals surface area contributed by atoms with Crippen molar-refractivity contribution in [1.29, 1.82) is 0 Å². The van der Waals surface area contributed by atoms with E-state index in [4.69, 9.17) is 0 Å². The second kappa shape index (κ2) is 7.31. The standard InChI is InChI=1S/C22H18F2N4/c1-14(2)21-22(20-17(23)9-6-10-18(20)24)28(27-26-21)16-11-12-19(25-13-16)15-7-4-3-5-8-15/h3-14H,1-2H3. The number of pyridine rings is 1. The molecule has 0 radical (unpaired) electrons. The molecule has 0 aliphatic heterocycles. The monoisotopic (exact) mass is 376 g/mol. The Morgan fingerprint density at radius 2 is 1.57 bits per heavy atom. The minimum atomic E-state index is -0.653. The summed E-state index contributed by atoms with van der Waals surface area (Å²) in [6.45, 7) is 3.82. The molecular weight excluding hydrogens is 358 g/mol. The first-order valence-electron chi connectivity index (χ1n) is 8.98. The molecule has 28 heavy (non-hydrogen) atoms. The van der Waals surface area contributed by atoms with Crippen molar-refractivity contribution in [2.45, 2.75) is 19.8 Å². The van der Waals surface area contributed by atoms with Gasteiger partial charge in [0.05, 0.1) is 28.8 Å². The zero-order chi connectivity index (χ0) is 19.7. The summed E-state index contributed by atoms with van der Waals surface area (Å²) >= 11 is 0. The van der Waals surface area contributed by atoms with Gasteiger partial charge in [0.1, 0.15) is 17.3 Å². The van der Waals surface area contributed by atoms with Gasteiger partial charge in [-0.1, -0.05) is 55.5 Å². The van der Waals surface area contributed by atoms with Crippen LogP contribution in [0.3, 0.4) is 0 Å². The van der Waals surface area contributed by atoms with Gasteiger partial charge in [-0.2, -0.15) is 0 Å². The van der Waals surface area contributed by atoms with Crippen molar-refractivity contribution in [3.05, 3.63) is 84.2 Å². The number of hydrogen-bond acceptors (Lipinski definition) is 3. The lowest BCUT2D eigenvalue weighted by Gasteiger charge is -2.12. The van der Waals surface area contributed by atoms with Gasteiger partial charge in [-0.3, -0.25) is 4.98 Å². The predicted molar refractivity (Wildman–Crippen MR) is 104 cm³/mol. The lowest BCUT2D eigenvalue weighted by Crippen LogP contribution is -2.04. The number of hydrogen-bond donors (Lipinski definition) is 0. The third-order valence-corrected chi connectivity index (χ3v) is 4.50. The maximum absolute atomic E-state index is 14.5. The number of benzene rings is 2. The van der Waals surface area contributed by atoms with Crippen molar-refractivity contribution >= 4 is 0 Å². The maximum Gasteiger partial charge on any atom is 0.135 e. The summed E-state index contributed by atoms with van der Waals surface area (Å²) in [5.74, 6) is -1.36. The summed E-state index contributed by atoms with van der Waals surface area (Å²) in [5, 5.41) is 8.35. The predicted octanol–water partition coefficient (Wildman–Crippen LogP) is 5.40. The van der Waals surface area contributed by atoms with Crippen LogP contribution in [0.2, 0.25) is 0 Å². The van der Waals surface area contributed by atoms with E-state index in [0.29, 0.717) is 17.1 Å². The average Bonchev–Trinajstić information content (AvgIpc) is 3.14. The van der Waals surface area contributed by atoms with Crippen LogP contribution in [0.15, 0.2) is 66.9 Å². The van der Waals surface area contributed by atoms with Gasteiger partial charge in [0, 0.05) is 5.56 Å². The zero-order valence-corrected chi connectivity index (χ0v) is 15.5. The Hall–Kier alpha value is -3.41. The lowest BCUT2D eigenvalue weighted by molar-refractivity contribution is 0.586. The fraction of sp³-hybridized carbons (Fsp3) is 0.136. The average molecular weight is 376 g/mol. The number of aromatic nitrogens is 4. The van der Waals surface area contributed by atoms with Crippen molar-refractivity contribution in [2.24, 2.45) is 0 Å². The van der Waals surface area contributed by atoms with Crippen LogP contribution < -0.4 is 0 Å². The first-order chi connectivity index (χ1) is 13.6. The van der Waals surface area contributed by atoms with Gasteiger partial charge in [0.2, 0.25) is 0 Å². The van der Waals surface area contributed by atoms with Gasteiger partial charge in [-0.25, -0.2) is 13.5 Å². The smallest absolute Gasteiger partial charge is 0.135 e. The summed E-state index contributed by atoms with van der Waals surface area (Å²) in [4.78, 5) is 4.48. The number of rotatable bonds is 4. The first kappa shape index (κ1) is 18.0. The molecule has 2 heterocycles. The van der Waals surface area contributed by atoms with E-state index in [1.165, 1.54) is 22.9 Å². The Labute approximate surface area is 161 Å². The van der Waals surface area contributed by atoms with E-state index in [2.05, 4.69) is 15.3 Å². The summed E-state index contributed by atoms with van der Waals surface area (Å²) in [6.07, 6.45) is 1.63. The zero-order valence-electron chi connectivity index (χ0n) is 15.5. The highest BCUT2D eigenvalue weighted by molar-refractivity contribution is 5.67. The molecule has 6 heteroatoms. The topological polar surface area (TPSA) is 43.6 Å². The normalized spacial score (nSPS) is 11.2. The molecule has 0 atom stereocenters. The molecule has 0 fully saturated rings. The van der Waals surface area contributed by atoms with Crippen molar-refractivity contribution < 1.29 is 8.78 Å². The minimum Gasteiger partial charge on any atom is -0.254 e. The molecule has 0 bridgehead atoms. The third kappa shape index (κ3) is 3.17. The fourth-order valence-corrected chi connectivity index (χ4v) is 3.11. The highest BCUT2D eigenvalue weighted by atomic mass is 19.1. The van der Waals surface area contributed by atoms with E-state index < -0.39 is 11.6 Å². The summed E-state index contributed by atoms with van der Waals surface area (Å²) in [5.41, 5.74) is 3.05. The second-order valence-electron chi connectivity index (χ2n) is 6.75. The lowest BCUT2D eigenvalue weighted by atomic mass is 10.0. The molecule has 4 rings (SSSR count).